The number of carboxylic acid groups (broad SMARTS) is 1. The first kappa shape index (κ1) is 31.8. The monoisotopic (exact) mass is 628 g/mol. The fourth-order valence-electron chi connectivity index (χ4n) is 5.33. The Morgan fingerprint density at radius 2 is 1.78 bits per heavy atom. The van der Waals surface area contributed by atoms with Crippen molar-refractivity contribution < 1.29 is 41.4 Å². The first-order valence-electron chi connectivity index (χ1n) is 14.0. The summed E-state index contributed by atoms with van der Waals surface area (Å²) < 4.78 is 75.7. The summed E-state index contributed by atoms with van der Waals surface area (Å²) in [5.41, 5.74) is 2.33. The molecule has 0 bridgehead atoms. The average molecular weight is 629 g/mol. The number of halogens is 5. The number of hydrogen-bond acceptors (Lipinski definition) is 6. The second-order valence-corrected chi connectivity index (χ2v) is 11.0. The lowest BCUT2D eigenvalue weighted by molar-refractivity contribution is -0.167. The molecule has 0 radical (unpaired) electrons. The highest BCUT2D eigenvalue weighted by molar-refractivity contribution is 5.99. The van der Waals surface area contributed by atoms with Crippen LogP contribution in [-0.2, 0) is 16.0 Å². The molecular weight excluding hydrogens is 599 g/mol. The van der Waals surface area contributed by atoms with Crippen molar-refractivity contribution in [3.05, 3.63) is 88.2 Å². The van der Waals surface area contributed by atoms with Crippen LogP contribution < -0.4 is 10.2 Å². The number of carbonyl (C=O) groups excluding carboxylic acids is 1. The molecule has 1 aliphatic rings. The Kier molecular flexibility index (Phi) is 8.74. The number of fused-ring (bicyclic) bond motifs is 1. The maximum atomic E-state index is 15.1. The molecule has 1 saturated heterocycles. The van der Waals surface area contributed by atoms with E-state index in [9.17, 15) is 27.9 Å². The molecule has 2 atom stereocenters. The van der Waals surface area contributed by atoms with E-state index in [0.29, 0.717) is 34.5 Å². The van der Waals surface area contributed by atoms with E-state index < -0.39 is 59.6 Å². The molecule has 3 aromatic carbocycles. The van der Waals surface area contributed by atoms with Gasteiger partial charge in [0.2, 0.25) is 0 Å². The van der Waals surface area contributed by atoms with E-state index in [1.165, 1.54) is 0 Å². The van der Waals surface area contributed by atoms with Crippen molar-refractivity contribution in [2.75, 3.05) is 24.7 Å². The van der Waals surface area contributed by atoms with Crippen molar-refractivity contribution in [3.8, 4) is 11.4 Å². The summed E-state index contributed by atoms with van der Waals surface area (Å²) in [5, 5.41) is 13.6. The van der Waals surface area contributed by atoms with E-state index in [-0.39, 0.29) is 19.6 Å². The van der Waals surface area contributed by atoms with Gasteiger partial charge in [0.15, 0.2) is 5.82 Å². The molecular formula is C32H29F5N4O4. The SMILES string of the molecule is Cc1ccc2c(-c3ncc(C)c(C)n3)ccc(C[C@H](NC(=O)c3c(F)cc(N4CCOC[C@@H]4C(F)(F)F)cc3F)C(=O)O)c2c1. The van der Waals surface area contributed by atoms with Crippen molar-refractivity contribution in [3.63, 3.8) is 0 Å². The number of aromatic nitrogens is 2. The van der Waals surface area contributed by atoms with E-state index in [1.807, 2.05) is 39.0 Å². The van der Waals surface area contributed by atoms with Gasteiger partial charge in [-0.25, -0.2) is 23.5 Å². The smallest absolute Gasteiger partial charge is 0.411 e. The maximum Gasteiger partial charge on any atom is 0.411 e. The average Bonchev–Trinajstić information content (AvgIpc) is 2.97. The minimum atomic E-state index is -4.73. The highest BCUT2D eigenvalue weighted by Crippen LogP contribution is 2.33. The minimum Gasteiger partial charge on any atom is -0.480 e. The van der Waals surface area contributed by atoms with Gasteiger partial charge in [0.1, 0.15) is 29.3 Å². The number of hydrogen-bond donors (Lipinski definition) is 2. The Bertz CT molecular complexity index is 1770. The van der Waals surface area contributed by atoms with Gasteiger partial charge in [-0.3, -0.25) is 4.79 Å². The van der Waals surface area contributed by atoms with Gasteiger partial charge >= 0.3 is 12.1 Å². The van der Waals surface area contributed by atoms with E-state index in [4.69, 9.17) is 4.74 Å². The van der Waals surface area contributed by atoms with E-state index in [1.54, 1.807) is 18.3 Å². The molecule has 1 aliphatic heterocycles. The second-order valence-electron chi connectivity index (χ2n) is 11.0. The molecule has 2 heterocycles. The molecule has 2 N–H and O–H groups in total. The molecule has 0 aliphatic carbocycles. The van der Waals surface area contributed by atoms with Crippen molar-refractivity contribution in [1.82, 2.24) is 15.3 Å². The summed E-state index contributed by atoms with van der Waals surface area (Å²) in [7, 11) is 0. The first-order valence-corrected chi connectivity index (χ1v) is 14.0. The zero-order chi connectivity index (χ0) is 32.6. The Labute approximate surface area is 254 Å². The molecule has 13 heteroatoms. The number of aryl methyl sites for hydroxylation is 3. The molecule has 4 aromatic rings. The number of nitrogens with one attached hydrogen (secondary N) is 1. The van der Waals surface area contributed by atoms with Crippen molar-refractivity contribution in [1.29, 1.82) is 0 Å². The van der Waals surface area contributed by atoms with Crippen LogP contribution in [0, 0.1) is 32.4 Å². The maximum absolute atomic E-state index is 15.1. The van der Waals surface area contributed by atoms with Crippen LogP contribution in [0.15, 0.2) is 48.7 Å². The van der Waals surface area contributed by atoms with Crippen LogP contribution in [0.5, 0.6) is 0 Å². The van der Waals surface area contributed by atoms with Crippen LogP contribution >= 0.6 is 0 Å². The standard InChI is InChI=1S/C32H29F5N4O4/c1-16-4-6-21-22(29-38-14-17(2)18(3)39-29)7-5-19(23(21)10-16)11-26(31(43)44)40-30(42)28-24(33)12-20(13-25(28)34)41-8-9-45-15-27(41)32(35,36)37/h4-7,10,12-14,26-27H,8-9,11,15H2,1-3H3,(H,40,42)(H,43,44)/t26-,27+/m0/s1. The number of ether oxygens (including phenoxy) is 1. The number of carboxylic acids is 1. The van der Waals surface area contributed by atoms with Gasteiger partial charge in [0.25, 0.3) is 5.91 Å². The Balaban J connectivity index is 1.44. The van der Waals surface area contributed by atoms with Gasteiger partial charge in [-0.2, -0.15) is 13.2 Å². The molecule has 0 unspecified atom stereocenters. The molecule has 1 fully saturated rings. The Morgan fingerprint density at radius 3 is 2.42 bits per heavy atom. The molecule has 5 rings (SSSR count). The molecule has 45 heavy (non-hydrogen) atoms. The number of morpholine rings is 1. The third kappa shape index (κ3) is 6.58. The predicted octanol–water partition coefficient (Wildman–Crippen LogP) is 5.69. The van der Waals surface area contributed by atoms with Gasteiger partial charge in [-0.15, -0.1) is 0 Å². The summed E-state index contributed by atoms with van der Waals surface area (Å²) in [5.74, 6) is -5.20. The quantitative estimate of drug-likeness (QED) is 0.253. The number of nitrogens with zero attached hydrogens (tertiary/aromatic N) is 3. The number of aliphatic carboxylic acids is 1. The molecule has 1 amide bonds. The fourth-order valence-corrected chi connectivity index (χ4v) is 5.33. The van der Waals surface area contributed by atoms with Gasteiger partial charge in [0.05, 0.1) is 13.2 Å². The van der Waals surface area contributed by atoms with Gasteiger partial charge < -0.3 is 20.1 Å². The third-order valence-electron chi connectivity index (χ3n) is 7.85. The lowest BCUT2D eigenvalue weighted by atomic mass is 9.93. The number of rotatable bonds is 7. The van der Waals surface area contributed by atoms with Crippen LogP contribution in [0.3, 0.4) is 0 Å². The highest BCUT2D eigenvalue weighted by atomic mass is 19.4. The molecule has 0 spiro atoms. The number of anilines is 1. The summed E-state index contributed by atoms with van der Waals surface area (Å²) in [4.78, 5) is 35.1. The first-order chi connectivity index (χ1) is 21.2. The van der Waals surface area contributed by atoms with Crippen molar-refractivity contribution in [2.24, 2.45) is 0 Å². The summed E-state index contributed by atoms with van der Waals surface area (Å²) in [6, 6.07) is 6.56. The number of amides is 1. The van der Waals surface area contributed by atoms with E-state index >= 15 is 8.78 Å². The van der Waals surface area contributed by atoms with Crippen LogP contribution in [0.2, 0.25) is 0 Å². The highest BCUT2D eigenvalue weighted by Gasteiger charge is 2.46. The Hall–Kier alpha value is -4.65. The van der Waals surface area contributed by atoms with Gasteiger partial charge in [0, 0.05) is 36.1 Å². The van der Waals surface area contributed by atoms with Gasteiger partial charge in [-0.1, -0.05) is 35.9 Å². The third-order valence-corrected chi connectivity index (χ3v) is 7.85. The van der Waals surface area contributed by atoms with Crippen LogP contribution in [0.1, 0.15) is 32.7 Å². The number of benzene rings is 3. The van der Waals surface area contributed by atoms with Gasteiger partial charge in [-0.05, 0) is 54.8 Å². The molecule has 0 saturated carbocycles. The lowest BCUT2D eigenvalue weighted by Gasteiger charge is -2.38. The topological polar surface area (TPSA) is 105 Å². The molecule has 1 aromatic heterocycles. The zero-order valence-electron chi connectivity index (χ0n) is 24.5. The van der Waals surface area contributed by atoms with Crippen molar-refractivity contribution >= 4 is 28.3 Å². The largest absolute Gasteiger partial charge is 0.480 e. The lowest BCUT2D eigenvalue weighted by Crippen LogP contribution is -2.53. The molecule has 236 valence electrons. The van der Waals surface area contributed by atoms with E-state index in [2.05, 4.69) is 15.3 Å². The Morgan fingerprint density at radius 1 is 1.07 bits per heavy atom. The number of carbonyl (C=O) groups is 2. The van der Waals surface area contributed by atoms with E-state index in [0.717, 1.165) is 27.1 Å². The van der Waals surface area contributed by atoms with Crippen LogP contribution in [0.4, 0.5) is 27.6 Å². The second kappa shape index (κ2) is 12.4. The number of alkyl halides is 3. The fraction of sp³-hybridized carbons (Fsp3) is 0.312. The zero-order valence-corrected chi connectivity index (χ0v) is 24.5. The summed E-state index contributed by atoms with van der Waals surface area (Å²) in [6.45, 7) is 4.53. The van der Waals surface area contributed by atoms with Crippen LogP contribution in [-0.4, -0.2) is 65.0 Å². The minimum absolute atomic E-state index is 0.0920. The predicted molar refractivity (Wildman–Crippen MR) is 156 cm³/mol. The summed E-state index contributed by atoms with van der Waals surface area (Å²) in [6.07, 6.45) is -3.26. The van der Waals surface area contributed by atoms with Crippen molar-refractivity contribution in [2.45, 2.75) is 45.5 Å². The molecule has 8 nitrogen and oxygen atoms in total. The van der Waals surface area contributed by atoms with Crippen LogP contribution in [0.25, 0.3) is 22.2 Å². The summed E-state index contributed by atoms with van der Waals surface area (Å²) >= 11 is 0. The normalized spacial score (nSPS) is 16.1.